The molecule has 2 heterocycles. The predicted octanol–water partition coefficient (Wildman–Crippen LogP) is 2.69. The van der Waals surface area contributed by atoms with Crippen LogP contribution in [0, 0.1) is 12.7 Å². The highest BCUT2D eigenvalue weighted by Gasteiger charge is 2.23. The standard InChI is InChI=1S/C18H22FN3O2/c1-12-7-14(20)9-16(21-12)18-11-22(5-6-24-18)10-13-3-4-15(19)17(8-13)23-2/h3-4,7-9,18H,5-6,10-11H2,1-2H3,(H2,20,21)/t18-/m0/s1. The smallest absolute Gasteiger partial charge is 0.165 e. The molecule has 0 bridgehead atoms. The lowest BCUT2D eigenvalue weighted by Crippen LogP contribution is -2.38. The fraction of sp³-hybridized carbons (Fsp3) is 0.389. The van der Waals surface area contributed by atoms with Gasteiger partial charge in [0, 0.05) is 31.0 Å². The van der Waals surface area contributed by atoms with Crippen molar-refractivity contribution in [3.63, 3.8) is 0 Å². The molecule has 0 radical (unpaired) electrons. The van der Waals surface area contributed by atoms with Gasteiger partial charge >= 0.3 is 0 Å². The number of nitrogen functional groups attached to an aromatic ring is 1. The van der Waals surface area contributed by atoms with Crippen LogP contribution in [0.2, 0.25) is 0 Å². The van der Waals surface area contributed by atoms with Crippen LogP contribution >= 0.6 is 0 Å². The summed E-state index contributed by atoms with van der Waals surface area (Å²) in [5, 5.41) is 0. The Bertz CT molecular complexity index is 703. The lowest BCUT2D eigenvalue weighted by Gasteiger charge is -2.33. The maximum Gasteiger partial charge on any atom is 0.165 e. The average Bonchev–Trinajstić information content (AvgIpc) is 2.56. The number of methoxy groups -OCH3 is 1. The molecule has 0 saturated carbocycles. The summed E-state index contributed by atoms with van der Waals surface area (Å²) in [4.78, 5) is 6.80. The number of morpholine rings is 1. The number of nitrogens with zero attached hydrogens (tertiary/aromatic N) is 2. The Morgan fingerprint density at radius 3 is 2.96 bits per heavy atom. The third kappa shape index (κ3) is 3.83. The highest BCUT2D eigenvalue weighted by molar-refractivity contribution is 5.40. The number of aromatic nitrogens is 1. The summed E-state index contributed by atoms with van der Waals surface area (Å²) in [6, 6.07) is 8.67. The minimum atomic E-state index is -0.347. The molecule has 1 saturated heterocycles. The van der Waals surface area contributed by atoms with E-state index < -0.39 is 0 Å². The molecular formula is C18H22FN3O2. The molecule has 0 aliphatic carbocycles. The first-order valence-electron chi connectivity index (χ1n) is 7.95. The van der Waals surface area contributed by atoms with Crippen molar-refractivity contribution in [2.45, 2.75) is 19.6 Å². The Morgan fingerprint density at radius 1 is 1.38 bits per heavy atom. The summed E-state index contributed by atoms with van der Waals surface area (Å²) in [7, 11) is 1.47. The summed E-state index contributed by atoms with van der Waals surface area (Å²) in [6.45, 7) is 4.79. The number of hydrogen-bond acceptors (Lipinski definition) is 5. The van der Waals surface area contributed by atoms with Crippen molar-refractivity contribution < 1.29 is 13.9 Å². The summed E-state index contributed by atoms with van der Waals surface area (Å²) in [6.07, 6.45) is -0.108. The number of hydrogen-bond donors (Lipinski definition) is 1. The molecular weight excluding hydrogens is 309 g/mol. The molecule has 1 aromatic carbocycles. The minimum absolute atomic E-state index is 0.108. The van der Waals surface area contributed by atoms with Gasteiger partial charge in [-0.15, -0.1) is 0 Å². The quantitative estimate of drug-likeness (QED) is 0.933. The number of nitrogens with two attached hydrogens (primary N) is 1. The number of aryl methyl sites for hydroxylation is 1. The van der Waals surface area contributed by atoms with E-state index in [9.17, 15) is 4.39 Å². The zero-order chi connectivity index (χ0) is 17.1. The maximum absolute atomic E-state index is 13.5. The number of ether oxygens (including phenoxy) is 2. The Balaban J connectivity index is 1.71. The summed E-state index contributed by atoms with van der Waals surface area (Å²) >= 11 is 0. The minimum Gasteiger partial charge on any atom is -0.494 e. The Kier molecular flexibility index (Phi) is 4.97. The van der Waals surface area contributed by atoms with Crippen molar-refractivity contribution in [3.05, 3.63) is 53.1 Å². The van der Waals surface area contributed by atoms with E-state index in [1.165, 1.54) is 13.2 Å². The molecule has 0 amide bonds. The van der Waals surface area contributed by atoms with Crippen LogP contribution in [0.5, 0.6) is 5.75 Å². The molecule has 5 nitrogen and oxygen atoms in total. The summed E-state index contributed by atoms with van der Waals surface area (Å²) in [5.41, 5.74) is 9.35. The molecule has 0 unspecified atom stereocenters. The summed E-state index contributed by atoms with van der Waals surface area (Å²) < 4.78 is 24.4. The van der Waals surface area contributed by atoms with E-state index in [0.717, 1.165) is 30.0 Å². The second kappa shape index (κ2) is 7.15. The van der Waals surface area contributed by atoms with Crippen LogP contribution in [0.15, 0.2) is 30.3 Å². The first-order valence-corrected chi connectivity index (χ1v) is 7.95. The highest BCUT2D eigenvalue weighted by atomic mass is 19.1. The van der Waals surface area contributed by atoms with Gasteiger partial charge in [0.25, 0.3) is 0 Å². The van der Waals surface area contributed by atoms with Gasteiger partial charge in [0.05, 0.1) is 19.4 Å². The molecule has 1 aromatic heterocycles. The second-order valence-electron chi connectivity index (χ2n) is 6.03. The van der Waals surface area contributed by atoms with Crippen LogP contribution in [0.1, 0.15) is 23.1 Å². The molecule has 2 N–H and O–H groups in total. The lowest BCUT2D eigenvalue weighted by atomic mass is 10.1. The first kappa shape index (κ1) is 16.7. The molecule has 1 fully saturated rings. The van der Waals surface area contributed by atoms with Gasteiger partial charge in [-0.3, -0.25) is 9.88 Å². The normalized spacial score (nSPS) is 18.5. The molecule has 3 rings (SSSR count). The van der Waals surface area contributed by atoms with E-state index in [1.54, 1.807) is 12.1 Å². The van der Waals surface area contributed by atoms with Gasteiger partial charge in [-0.2, -0.15) is 0 Å². The van der Waals surface area contributed by atoms with Gasteiger partial charge in [0.2, 0.25) is 0 Å². The topological polar surface area (TPSA) is 60.6 Å². The SMILES string of the molecule is COc1cc(CN2CCO[C@H](c3cc(N)cc(C)n3)C2)ccc1F. The van der Waals surface area contributed by atoms with E-state index in [1.807, 2.05) is 19.1 Å². The number of rotatable bonds is 4. The van der Waals surface area contributed by atoms with E-state index in [0.29, 0.717) is 18.8 Å². The Labute approximate surface area is 141 Å². The fourth-order valence-corrected chi connectivity index (χ4v) is 2.97. The van der Waals surface area contributed by atoms with Crippen molar-refractivity contribution in [2.24, 2.45) is 0 Å². The van der Waals surface area contributed by atoms with E-state index >= 15 is 0 Å². The van der Waals surface area contributed by atoms with Crippen molar-refractivity contribution in [1.82, 2.24) is 9.88 Å². The van der Waals surface area contributed by atoms with Crippen LogP contribution < -0.4 is 10.5 Å². The van der Waals surface area contributed by atoms with Gasteiger partial charge in [0.15, 0.2) is 11.6 Å². The van der Waals surface area contributed by atoms with Crippen molar-refractivity contribution in [1.29, 1.82) is 0 Å². The third-order valence-electron chi connectivity index (χ3n) is 4.10. The van der Waals surface area contributed by atoms with Crippen molar-refractivity contribution >= 4 is 5.69 Å². The van der Waals surface area contributed by atoms with Crippen molar-refractivity contribution in [3.8, 4) is 5.75 Å². The Morgan fingerprint density at radius 2 is 2.21 bits per heavy atom. The monoisotopic (exact) mass is 331 g/mol. The van der Waals surface area contributed by atoms with Gasteiger partial charge < -0.3 is 15.2 Å². The average molecular weight is 331 g/mol. The predicted molar refractivity (Wildman–Crippen MR) is 90.3 cm³/mol. The van der Waals surface area contributed by atoms with Crippen LogP contribution in [0.25, 0.3) is 0 Å². The molecule has 1 aliphatic rings. The van der Waals surface area contributed by atoms with Gasteiger partial charge in [0.1, 0.15) is 6.10 Å². The van der Waals surface area contributed by atoms with Gasteiger partial charge in [-0.1, -0.05) is 6.07 Å². The highest BCUT2D eigenvalue weighted by Crippen LogP contribution is 2.25. The number of pyridine rings is 1. The molecule has 1 aliphatic heterocycles. The molecule has 1 atom stereocenters. The van der Waals surface area contributed by atoms with Gasteiger partial charge in [-0.05, 0) is 36.8 Å². The van der Waals surface area contributed by atoms with E-state index in [2.05, 4.69) is 9.88 Å². The molecule has 2 aromatic rings. The zero-order valence-electron chi connectivity index (χ0n) is 14.0. The van der Waals surface area contributed by atoms with E-state index in [-0.39, 0.29) is 17.7 Å². The maximum atomic E-state index is 13.5. The largest absolute Gasteiger partial charge is 0.494 e. The third-order valence-corrected chi connectivity index (χ3v) is 4.10. The second-order valence-corrected chi connectivity index (χ2v) is 6.03. The molecule has 6 heteroatoms. The number of benzene rings is 1. The van der Waals surface area contributed by atoms with Crippen LogP contribution in [-0.4, -0.2) is 36.7 Å². The zero-order valence-corrected chi connectivity index (χ0v) is 14.0. The van der Waals surface area contributed by atoms with Crippen LogP contribution in [0.3, 0.4) is 0 Å². The summed E-state index contributed by atoms with van der Waals surface area (Å²) in [5.74, 6) is -0.0778. The van der Waals surface area contributed by atoms with Crippen LogP contribution in [-0.2, 0) is 11.3 Å². The van der Waals surface area contributed by atoms with E-state index in [4.69, 9.17) is 15.2 Å². The fourth-order valence-electron chi connectivity index (χ4n) is 2.97. The van der Waals surface area contributed by atoms with Crippen LogP contribution in [0.4, 0.5) is 10.1 Å². The Hall–Kier alpha value is -2.18. The molecule has 24 heavy (non-hydrogen) atoms. The molecule has 128 valence electrons. The van der Waals surface area contributed by atoms with Gasteiger partial charge in [-0.25, -0.2) is 4.39 Å². The first-order chi connectivity index (χ1) is 11.5. The number of halogens is 1. The lowest BCUT2D eigenvalue weighted by molar-refractivity contribution is -0.0350. The number of anilines is 1. The molecule has 0 spiro atoms. The van der Waals surface area contributed by atoms with Crippen molar-refractivity contribution in [2.75, 3.05) is 32.5 Å².